The number of Topliss-reactive ketones (excluding diaryl/α,β-unsaturated/α-hetero) is 2. The van der Waals surface area contributed by atoms with Crippen LogP contribution in [0.4, 0.5) is 0 Å². The fourth-order valence-corrected chi connectivity index (χ4v) is 3.02. The Bertz CT molecular complexity index is 809. The number of carbonyl (C=O) groups is 2. The zero-order valence-corrected chi connectivity index (χ0v) is 14.3. The highest BCUT2D eigenvalue weighted by Crippen LogP contribution is 2.20. The molecular weight excluding hydrogens is 348 g/mol. The molecule has 0 fully saturated rings. The number of ether oxygens (including phenoxy) is 2. The molecule has 7 nitrogen and oxygen atoms in total. The standard InChI is InChI=1S/C17H16O7S/c1-23-13-7-3-11(4-8-13)15(18)17(25(20,21)22)16(19)12-5-9-14(24-2)10-6-12/h3-10,17H,1-2H3,(H,20,21,22). The fraction of sp³-hybridized carbons (Fsp3) is 0.176. The van der Waals surface area contributed by atoms with Crippen LogP contribution in [0.15, 0.2) is 48.5 Å². The van der Waals surface area contributed by atoms with E-state index in [0.29, 0.717) is 11.5 Å². The van der Waals surface area contributed by atoms with Crippen molar-refractivity contribution in [2.24, 2.45) is 0 Å². The Labute approximate surface area is 144 Å². The zero-order valence-electron chi connectivity index (χ0n) is 13.5. The molecule has 2 aromatic carbocycles. The van der Waals surface area contributed by atoms with Crippen molar-refractivity contribution in [3.8, 4) is 11.5 Å². The molecule has 0 spiro atoms. The molecule has 132 valence electrons. The number of ketones is 2. The molecule has 25 heavy (non-hydrogen) atoms. The summed E-state index contributed by atoms with van der Waals surface area (Å²) in [5.74, 6) is -1.13. The van der Waals surface area contributed by atoms with E-state index in [0.717, 1.165) is 0 Å². The first-order valence-electron chi connectivity index (χ1n) is 7.10. The van der Waals surface area contributed by atoms with Crippen LogP contribution in [0.1, 0.15) is 20.7 Å². The Morgan fingerprint density at radius 1 is 0.800 bits per heavy atom. The highest BCUT2D eigenvalue weighted by Gasteiger charge is 2.39. The molecule has 8 heteroatoms. The Hall–Kier alpha value is -2.71. The summed E-state index contributed by atoms with van der Waals surface area (Å²) < 4.78 is 42.7. The highest BCUT2D eigenvalue weighted by molar-refractivity contribution is 7.88. The van der Waals surface area contributed by atoms with E-state index < -0.39 is 26.9 Å². The van der Waals surface area contributed by atoms with Crippen LogP contribution in [-0.2, 0) is 10.1 Å². The first-order chi connectivity index (χ1) is 11.8. The molecule has 2 aromatic rings. The molecule has 0 saturated heterocycles. The summed E-state index contributed by atoms with van der Waals surface area (Å²) in [6.45, 7) is 0. The summed E-state index contributed by atoms with van der Waals surface area (Å²) in [5, 5.41) is -2.24. The van der Waals surface area contributed by atoms with Crippen LogP contribution in [0.2, 0.25) is 0 Å². The largest absolute Gasteiger partial charge is 0.497 e. The topological polar surface area (TPSA) is 107 Å². The lowest BCUT2D eigenvalue weighted by molar-refractivity contribution is 0.0896. The van der Waals surface area contributed by atoms with Crippen molar-refractivity contribution in [2.45, 2.75) is 5.25 Å². The van der Waals surface area contributed by atoms with Crippen LogP contribution < -0.4 is 9.47 Å². The molecule has 0 aliphatic carbocycles. The second-order valence-electron chi connectivity index (χ2n) is 5.08. The molecule has 0 amide bonds. The molecule has 0 aromatic heterocycles. The van der Waals surface area contributed by atoms with Gasteiger partial charge in [0.15, 0.2) is 11.6 Å². The van der Waals surface area contributed by atoms with E-state index in [-0.39, 0.29) is 11.1 Å². The Balaban J connectivity index is 2.40. The summed E-state index contributed by atoms with van der Waals surface area (Å²) >= 11 is 0. The lowest BCUT2D eigenvalue weighted by atomic mass is 10.0. The number of hydrogen-bond acceptors (Lipinski definition) is 6. The van der Waals surface area contributed by atoms with E-state index in [9.17, 15) is 22.6 Å². The summed E-state index contributed by atoms with van der Waals surface area (Å²) in [6, 6.07) is 11.1. The zero-order chi connectivity index (χ0) is 18.6. The van der Waals surface area contributed by atoms with Crippen LogP contribution in [0.5, 0.6) is 11.5 Å². The molecule has 0 aliphatic heterocycles. The third kappa shape index (κ3) is 4.23. The third-order valence-electron chi connectivity index (χ3n) is 3.52. The minimum atomic E-state index is -4.95. The van der Waals surface area contributed by atoms with E-state index in [1.165, 1.54) is 62.8 Å². The number of carbonyl (C=O) groups excluding carboxylic acids is 2. The molecular formula is C17H16O7S. The normalized spacial score (nSPS) is 11.2. The average molecular weight is 364 g/mol. The van der Waals surface area contributed by atoms with E-state index in [1.807, 2.05) is 0 Å². The van der Waals surface area contributed by atoms with Crippen molar-refractivity contribution in [3.05, 3.63) is 59.7 Å². The van der Waals surface area contributed by atoms with Crippen LogP contribution >= 0.6 is 0 Å². The molecule has 0 aliphatic rings. The maximum Gasteiger partial charge on any atom is 0.283 e. The molecule has 0 atom stereocenters. The van der Waals surface area contributed by atoms with Gasteiger partial charge in [-0.05, 0) is 48.5 Å². The van der Waals surface area contributed by atoms with Gasteiger partial charge in [-0.25, -0.2) is 0 Å². The summed E-state index contributed by atoms with van der Waals surface area (Å²) in [7, 11) is -2.08. The first kappa shape index (κ1) is 18.6. The van der Waals surface area contributed by atoms with E-state index >= 15 is 0 Å². The van der Waals surface area contributed by atoms with Gasteiger partial charge >= 0.3 is 0 Å². The average Bonchev–Trinajstić information content (AvgIpc) is 2.60. The molecule has 0 heterocycles. The second kappa shape index (κ2) is 7.45. The van der Waals surface area contributed by atoms with Gasteiger partial charge in [0.05, 0.1) is 14.2 Å². The van der Waals surface area contributed by atoms with Crippen molar-refractivity contribution in [1.82, 2.24) is 0 Å². The van der Waals surface area contributed by atoms with Gasteiger partial charge in [0, 0.05) is 11.1 Å². The van der Waals surface area contributed by atoms with Gasteiger partial charge in [-0.1, -0.05) is 0 Å². The number of methoxy groups -OCH3 is 2. The minimum Gasteiger partial charge on any atom is -0.497 e. The number of rotatable bonds is 7. The molecule has 2 rings (SSSR count). The van der Waals surface area contributed by atoms with Crippen LogP contribution in [-0.4, -0.2) is 44.0 Å². The summed E-state index contributed by atoms with van der Waals surface area (Å²) in [4.78, 5) is 25.0. The van der Waals surface area contributed by atoms with E-state index in [1.54, 1.807) is 0 Å². The lowest BCUT2D eigenvalue weighted by Crippen LogP contribution is -2.37. The molecule has 0 radical (unpaired) electrons. The molecule has 0 unspecified atom stereocenters. The summed E-state index contributed by atoms with van der Waals surface area (Å²) in [5.41, 5.74) is -0.0735. The van der Waals surface area contributed by atoms with Crippen molar-refractivity contribution in [3.63, 3.8) is 0 Å². The molecule has 1 N–H and O–H groups in total. The highest BCUT2D eigenvalue weighted by atomic mass is 32.2. The predicted octanol–water partition coefficient (Wildman–Crippen LogP) is 2.03. The Kier molecular flexibility index (Phi) is 5.55. The van der Waals surface area contributed by atoms with E-state index in [4.69, 9.17) is 9.47 Å². The maximum atomic E-state index is 12.5. The summed E-state index contributed by atoms with van der Waals surface area (Å²) in [6.07, 6.45) is 0. The van der Waals surface area contributed by atoms with Gasteiger partial charge < -0.3 is 9.47 Å². The van der Waals surface area contributed by atoms with Gasteiger partial charge in [-0.2, -0.15) is 8.42 Å². The predicted molar refractivity (Wildman–Crippen MR) is 90.0 cm³/mol. The maximum absolute atomic E-state index is 12.5. The number of hydrogen-bond donors (Lipinski definition) is 1. The minimum absolute atomic E-state index is 0.0368. The SMILES string of the molecule is COc1ccc(C(=O)C(C(=O)c2ccc(OC)cc2)S(=O)(=O)O)cc1. The first-order valence-corrected chi connectivity index (χ1v) is 8.61. The Morgan fingerprint density at radius 3 is 1.36 bits per heavy atom. The lowest BCUT2D eigenvalue weighted by Gasteiger charge is -2.13. The van der Waals surface area contributed by atoms with Crippen LogP contribution in [0, 0.1) is 0 Å². The van der Waals surface area contributed by atoms with Crippen molar-refractivity contribution < 1.29 is 32.0 Å². The van der Waals surface area contributed by atoms with Gasteiger partial charge in [0.1, 0.15) is 11.5 Å². The van der Waals surface area contributed by atoms with Gasteiger partial charge in [0.25, 0.3) is 10.1 Å². The third-order valence-corrected chi connectivity index (χ3v) is 4.55. The van der Waals surface area contributed by atoms with Crippen molar-refractivity contribution in [1.29, 1.82) is 0 Å². The van der Waals surface area contributed by atoms with Gasteiger partial charge in [-0.15, -0.1) is 0 Å². The fourth-order valence-electron chi connectivity index (χ4n) is 2.20. The number of benzene rings is 2. The van der Waals surface area contributed by atoms with Crippen LogP contribution in [0.25, 0.3) is 0 Å². The smallest absolute Gasteiger partial charge is 0.283 e. The second-order valence-corrected chi connectivity index (χ2v) is 6.58. The quantitative estimate of drug-likeness (QED) is 0.455. The van der Waals surface area contributed by atoms with Crippen molar-refractivity contribution in [2.75, 3.05) is 14.2 Å². The van der Waals surface area contributed by atoms with Crippen LogP contribution in [0.3, 0.4) is 0 Å². The monoisotopic (exact) mass is 364 g/mol. The van der Waals surface area contributed by atoms with Gasteiger partial charge in [0.2, 0.25) is 5.25 Å². The Morgan fingerprint density at radius 2 is 1.12 bits per heavy atom. The molecule has 0 saturated carbocycles. The van der Waals surface area contributed by atoms with Gasteiger partial charge in [-0.3, -0.25) is 14.1 Å². The molecule has 0 bridgehead atoms. The van der Waals surface area contributed by atoms with E-state index in [2.05, 4.69) is 0 Å². The van der Waals surface area contributed by atoms with Crippen molar-refractivity contribution >= 4 is 21.7 Å².